The van der Waals surface area contributed by atoms with Crippen molar-refractivity contribution in [2.75, 3.05) is 50.4 Å². The average Bonchev–Trinajstić information content (AvgIpc) is 3.04. The molecular formula is C30H33ClN8O4. The summed E-state index contributed by atoms with van der Waals surface area (Å²) in [5.41, 5.74) is 2.16. The van der Waals surface area contributed by atoms with Crippen molar-refractivity contribution < 1.29 is 19.2 Å². The van der Waals surface area contributed by atoms with Crippen LogP contribution in [-0.4, -0.2) is 83.2 Å². The van der Waals surface area contributed by atoms with Crippen LogP contribution in [0.4, 0.5) is 23.1 Å². The predicted octanol–water partition coefficient (Wildman–Crippen LogP) is 3.34. The van der Waals surface area contributed by atoms with Gasteiger partial charge < -0.3 is 31.1 Å². The number of benzene rings is 2. The Morgan fingerprint density at radius 2 is 1.67 bits per heavy atom. The average molecular weight is 605 g/mol. The molecular weight excluding hydrogens is 572 g/mol. The summed E-state index contributed by atoms with van der Waals surface area (Å²) in [5, 5.41) is 11.7. The molecule has 4 amide bonds. The van der Waals surface area contributed by atoms with Gasteiger partial charge in [0.15, 0.2) is 5.82 Å². The lowest BCUT2D eigenvalue weighted by Crippen LogP contribution is -2.50. The highest BCUT2D eigenvalue weighted by Crippen LogP contribution is 2.27. The van der Waals surface area contributed by atoms with Crippen LogP contribution in [0.1, 0.15) is 33.6 Å². The molecule has 4 N–H and O–H groups in total. The van der Waals surface area contributed by atoms with Gasteiger partial charge in [0.1, 0.15) is 5.02 Å². The summed E-state index contributed by atoms with van der Waals surface area (Å²) in [6.45, 7) is 5.61. The molecule has 3 aromatic rings. The Kier molecular flexibility index (Phi) is 10.6. The van der Waals surface area contributed by atoms with Crippen molar-refractivity contribution in [1.82, 2.24) is 30.4 Å². The Hall–Kier alpha value is -4.97. The van der Waals surface area contributed by atoms with E-state index in [1.165, 1.54) is 12.3 Å². The first-order chi connectivity index (χ1) is 20.8. The predicted molar refractivity (Wildman–Crippen MR) is 165 cm³/mol. The molecule has 12 nitrogen and oxygen atoms in total. The SMILES string of the molecule is C=CC(=O)NCCCC(=O)N1CCN(C(=O)c2ccc(Nc3ncc(Cl)c(Nc4ccccc4C(=O)NC)n3)cc2)CC1. The molecule has 0 unspecified atom stereocenters. The zero-order chi connectivity index (χ0) is 30.8. The van der Waals surface area contributed by atoms with Gasteiger partial charge in [0.05, 0.1) is 17.4 Å². The van der Waals surface area contributed by atoms with Crippen LogP contribution in [0.15, 0.2) is 67.4 Å². The fraction of sp³-hybridized carbons (Fsp3) is 0.267. The van der Waals surface area contributed by atoms with Crippen LogP contribution < -0.4 is 21.3 Å². The first-order valence-corrected chi connectivity index (χ1v) is 14.1. The van der Waals surface area contributed by atoms with Crippen molar-refractivity contribution >= 4 is 58.4 Å². The van der Waals surface area contributed by atoms with Gasteiger partial charge in [-0.05, 0) is 48.9 Å². The fourth-order valence-corrected chi connectivity index (χ4v) is 4.55. The van der Waals surface area contributed by atoms with Crippen molar-refractivity contribution in [3.8, 4) is 0 Å². The summed E-state index contributed by atoms with van der Waals surface area (Å²) in [5.74, 6) is -0.0274. The molecule has 2 aromatic carbocycles. The van der Waals surface area contributed by atoms with E-state index < -0.39 is 0 Å². The Bertz CT molecular complexity index is 1490. The molecule has 224 valence electrons. The normalized spacial score (nSPS) is 12.7. The number of nitrogens with one attached hydrogen (secondary N) is 4. The molecule has 0 radical (unpaired) electrons. The molecule has 0 atom stereocenters. The van der Waals surface area contributed by atoms with E-state index >= 15 is 0 Å². The minimum absolute atomic E-state index is 0.00817. The van der Waals surface area contributed by atoms with Gasteiger partial charge in [0.25, 0.3) is 11.8 Å². The first-order valence-electron chi connectivity index (χ1n) is 13.7. The van der Waals surface area contributed by atoms with Crippen molar-refractivity contribution in [3.05, 3.63) is 83.5 Å². The number of piperazine rings is 1. The van der Waals surface area contributed by atoms with Gasteiger partial charge in [-0.2, -0.15) is 4.98 Å². The van der Waals surface area contributed by atoms with Crippen LogP contribution >= 0.6 is 11.6 Å². The number of aromatic nitrogens is 2. The maximum atomic E-state index is 13.1. The van der Waals surface area contributed by atoms with Gasteiger partial charge in [-0.25, -0.2) is 4.98 Å². The summed E-state index contributed by atoms with van der Waals surface area (Å²) < 4.78 is 0. The lowest BCUT2D eigenvalue weighted by atomic mass is 10.1. The van der Waals surface area contributed by atoms with Crippen molar-refractivity contribution in [1.29, 1.82) is 0 Å². The maximum absolute atomic E-state index is 13.1. The van der Waals surface area contributed by atoms with Crippen LogP contribution in [0, 0.1) is 0 Å². The molecule has 1 saturated heterocycles. The molecule has 0 aliphatic carbocycles. The maximum Gasteiger partial charge on any atom is 0.253 e. The highest BCUT2D eigenvalue weighted by atomic mass is 35.5. The molecule has 4 rings (SSSR count). The van der Waals surface area contributed by atoms with E-state index in [1.54, 1.807) is 65.4 Å². The van der Waals surface area contributed by atoms with Crippen LogP contribution in [0.3, 0.4) is 0 Å². The van der Waals surface area contributed by atoms with Gasteiger partial charge in [-0.1, -0.05) is 30.3 Å². The van der Waals surface area contributed by atoms with Gasteiger partial charge in [0, 0.05) is 57.4 Å². The number of halogens is 1. The number of hydrogen-bond donors (Lipinski definition) is 4. The number of amides is 4. The topological polar surface area (TPSA) is 149 Å². The van der Waals surface area contributed by atoms with Crippen LogP contribution in [-0.2, 0) is 9.59 Å². The quantitative estimate of drug-likeness (QED) is 0.192. The lowest BCUT2D eigenvalue weighted by Gasteiger charge is -2.35. The second-order valence-corrected chi connectivity index (χ2v) is 10.0. The van der Waals surface area contributed by atoms with E-state index in [4.69, 9.17) is 11.6 Å². The number of rotatable bonds is 11. The Morgan fingerprint density at radius 3 is 2.37 bits per heavy atom. The highest BCUT2D eigenvalue weighted by molar-refractivity contribution is 6.33. The van der Waals surface area contributed by atoms with E-state index in [2.05, 4.69) is 37.8 Å². The minimum atomic E-state index is -0.259. The third-order valence-corrected chi connectivity index (χ3v) is 7.03. The number of anilines is 4. The summed E-state index contributed by atoms with van der Waals surface area (Å²) in [4.78, 5) is 61.1. The summed E-state index contributed by atoms with van der Waals surface area (Å²) in [7, 11) is 1.56. The lowest BCUT2D eigenvalue weighted by molar-refractivity contribution is -0.132. The molecule has 43 heavy (non-hydrogen) atoms. The Balaban J connectivity index is 1.31. The van der Waals surface area contributed by atoms with Crippen LogP contribution in [0.5, 0.6) is 0 Å². The van der Waals surface area contributed by atoms with E-state index in [0.29, 0.717) is 73.9 Å². The second-order valence-electron chi connectivity index (χ2n) is 9.61. The first kappa shape index (κ1) is 31.0. The van der Waals surface area contributed by atoms with Crippen LogP contribution in [0.2, 0.25) is 5.02 Å². The van der Waals surface area contributed by atoms with E-state index in [9.17, 15) is 19.2 Å². The summed E-state index contributed by atoms with van der Waals surface area (Å²) >= 11 is 6.32. The molecule has 13 heteroatoms. The summed E-state index contributed by atoms with van der Waals surface area (Å²) in [6.07, 6.45) is 3.52. The van der Waals surface area contributed by atoms with Gasteiger partial charge in [0.2, 0.25) is 17.8 Å². The molecule has 1 aliphatic rings. The number of nitrogens with zero attached hydrogens (tertiary/aromatic N) is 4. The van der Waals surface area contributed by atoms with E-state index in [1.807, 2.05) is 0 Å². The zero-order valence-electron chi connectivity index (χ0n) is 23.7. The second kappa shape index (κ2) is 14.8. The highest BCUT2D eigenvalue weighted by Gasteiger charge is 2.24. The third-order valence-electron chi connectivity index (χ3n) is 6.76. The van der Waals surface area contributed by atoms with E-state index in [-0.39, 0.29) is 34.6 Å². The monoisotopic (exact) mass is 604 g/mol. The van der Waals surface area contributed by atoms with Crippen molar-refractivity contribution in [2.24, 2.45) is 0 Å². The standard InChI is InChI=1S/C30H33ClN8O4/c1-3-25(40)33-14-6-9-26(41)38-15-17-39(18-16-38)29(43)20-10-12-21(13-11-20)35-30-34-19-23(31)27(37-30)36-24-8-5-4-7-22(24)28(42)32-2/h3-5,7-8,10-13,19H,1,6,9,14-18H2,2H3,(H,32,42)(H,33,40)(H2,34,35,36,37). The number of para-hydroxylation sites is 1. The number of carbonyl (C=O) groups excluding carboxylic acids is 4. The molecule has 1 fully saturated rings. The molecule has 1 aromatic heterocycles. The number of hydrogen-bond acceptors (Lipinski definition) is 8. The Morgan fingerprint density at radius 1 is 0.977 bits per heavy atom. The van der Waals surface area contributed by atoms with Crippen molar-refractivity contribution in [2.45, 2.75) is 12.8 Å². The smallest absolute Gasteiger partial charge is 0.253 e. The zero-order valence-corrected chi connectivity index (χ0v) is 24.5. The van der Waals surface area contributed by atoms with E-state index in [0.717, 1.165) is 0 Å². The molecule has 0 saturated carbocycles. The number of carbonyl (C=O) groups is 4. The summed E-state index contributed by atoms with van der Waals surface area (Å²) in [6, 6.07) is 13.9. The van der Waals surface area contributed by atoms with Crippen molar-refractivity contribution in [3.63, 3.8) is 0 Å². The minimum Gasteiger partial charge on any atom is -0.355 e. The van der Waals surface area contributed by atoms with Crippen LogP contribution in [0.25, 0.3) is 0 Å². The third kappa shape index (κ3) is 8.29. The Labute approximate surface area is 254 Å². The molecule has 0 bridgehead atoms. The van der Waals surface area contributed by atoms with Gasteiger partial charge in [-0.3, -0.25) is 19.2 Å². The fourth-order valence-electron chi connectivity index (χ4n) is 4.42. The van der Waals surface area contributed by atoms with Gasteiger partial charge in [-0.15, -0.1) is 0 Å². The largest absolute Gasteiger partial charge is 0.355 e. The van der Waals surface area contributed by atoms with Gasteiger partial charge >= 0.3 is 0 Å². The molecule has 0 spiro atoms. The molecule has 2 heterocycles. The molecule has 1 aliphatic heterocycles.